The predicted molar refractivity (Wildman–Crippen MR) is 91.0 cm³/mol. The Bertz CT molecular complexity index is 829. The lowest BCUT2D eigenvalue weighted by Crippen LogP contribution is -2.46. The van der Waals surface area contributed by atoms with Crippen LogP contribution in [0.3, 0.4) is 0 Å². The SMILES string of the molecule is CC(C)NS(=O)(=O)c1ccc(C(=O)N[C@]2(C)CCS(=O)(=O)C2)cc1. The summed E-state index contributed by atoms with van der Waals surface area (Å²) < 4.78 is 49.7. The van der Waals surface area contributed by atoms with E-state index >= 15 is 0 Å². The number of carbonyl (C=O) groups excluding carboxylic acids is 1. The maximum atomic E-state index is 12.3. The highest BCUT2D eigenvalue weighted by Crippen LogP contribution is 2.23. The number of amides is 1. The van der Waals surface area contributed by atoms with Gasteiger partial charge in [0.05, 0.1) is 21.9 Å². The zero-order valence-electron chi connectivity index (χ0n) is 13.9. The van der Waals surface area contributed by atoms with Crippen molar-refractivity contribution in [2.75, 3.05) is 11.5 Å². The summed E-state index contributed by atoms with van der Waals surface area (Å²) >= 11 is 0. The van der Waals surface area contributed by atoms with Crippen LogP contribution in [0, 0.1) is 0 Å². The number of hydrogen-bond donors (Lipinski definition) is 2. The first-order chi connectivity index (χ1) is 10.9. The molecule has 24 heavy (non-hydrogen) atoms. The number of sulfonamides is 1. The zero-order valence-corrected chi connectivity index (χ0v) is 15.5. The normalized spacial score (nSPS) is 23.3. The van der Waals surface area contributed by atoms with Crippen molar-refractivity contribution in [1.29, 1.82) is 0 Å². The summed E-state index contributed by atoms with van der Waals surface area (Å²) in [6, 6.07) is 5.30. The Morgan fingerprint density at radius 2 is 1.79 bits per heavy atom. The third kappa shape index (κ3) is 4.55. The van der Waals surface area contributed by atoms with E-state index < -0.39 is 31.3 Å². The first kappa shape index (κ1) is 18.9. The van der Waals surface area contributed by atoms with Crippen molar-refractivity contribution in [3.63, 3.8) is 0 Å². The van der Waals surface area contributed by atoms with Crippen LogP contribution >= 0.6 is 0 Å². The molecule has 2 N–H and O–H groups in total. The van der Waals surface area contributed by atoms with Gasteiger partial charge >= 0.3 is 0 Å². The molecule has 1 saturated heterocycles. The van der Waals surface area contributed by atoms with Crippen LogP contribution in [0.15, 0.2) is 29.2 Å². The van der Waals surface area contributed by atoms with E-state index in [4.69, 9.17) is 0 Å². The van der Waals surface area contributed by atoms with Crippen molar-refractivity contribution in [3.05, 3.63) is 29.8 Å². The number of carbonyl (C=O) groups is 1. The monoisotopic (exact) mass is 374 g/mol. The molecule has 1 amide bonds. The van der Waals surface area contributed by atoms with Crippen molar-refractivity contribution in [2.24, 2.45) is 0 Å². The molecule has 0 unspecified atom stereocenters. The van der Waals surface area contributed by atoms with Gasteiger partial charge in [0.2, 0.25) is 10.0 Å². The molecule has 1 aliphatic heterocycles. The maximum Gasteiger partial charge on any atom is 0.251 e. The van der Waals surface area contributed by atoms with E-state index in [0.717, 1.165) is 0 Å². The van der Waals surface area contributed by atoms with E-state index in [1.807, 2.05) is 0 Å². The van der Waals surface area contributed by atoms with Crippen LogP contribution in [-0.2, 0) is 19.9 Å². The summed E-state index contributed by atoms with van der Waals surface area (Å²) in [5, 5.41) is 2.73. The third-order valence-electron chi connectivity index (χ3n) is 3.74. The minimum Gasteiger partial charge on any atom is -0.346 e. The molecular weight excluding hydrogens is 352 g/mol. The van der Waals surface area contributed by atoms with Crippen molar-refractivity contribution in [2.45, 2.75) is 43.7 Å². The largest absolute Gasteiger partial charge is 0.346 e. The fraction of sp³-hybridized carbons (Fsp3) is 0.533. The molecular formula is C15H22N2O5S2. The topological polar surface area (TPSA) is 109 Å². The van der Waals surface area contributed by atoms with Gasteiger partial charge in [0, 0.05) is 11.6 Å². The van der Waals surface area contributed by atoms with Crippen LogP contribution in [-0.4, -0.2) is 45.8 Å². The summed E-state index contributed by atoms with van der Waals surface area (Å²) in [5.74, 6) is -0.450. The molecule has 0 aliphatic carbocycles. The molecule has 0 saturated carbocycles. The second-order valence-electron chi connectivity index (χ2n) is 6.66. The highest BCUT2D eigenvalue weighted by molar-refractivity contribution is 7.91. The molecule has 1 aromatic carbocycles. The molecule has 7 nitrogen and oxygen atoms in total. The van der Waals surface area contributed by atoms with Gasteiger partial charge in [-0.25, -0.2) is 21.6 Å². The summed E-state index contributed by atoms with van der Waals surface area (Å²) in [4.78, 5) is 12.4. The van der Waals surface area contributed by atoms with Gasteiger partial charge in [-0.05, 0) is 51.5 Å². The average molecular weight is 374 g/mol. The molecule has 1 atom stereocenters. The van der Waals surface area contributed by atoms with E-state index in [1.165, 1.54) is 24.3 Å². The van der Waals surface area contributed by atoms with E-state index in [2.05, 4.69) is 10.0 Å². The second-order valence-corrected chi connectivity index (χ2v) is 10.6. The summed E-state index contributed by atoms with van der Waals surface area (Å²) in [5.41, 5.74) is -0.510. The van der Waals surface area contributed by atoms with Gasteiger partial charge in [0.25, 0.3) is 5.91 Å². The van der Waals surface area contributed by atoms with E-state index in [9.17, 15) is 21.6 Å². The van der Waals surface area contributed by atoms with Crippen LogP contribution in [0.1, 0.15) is 37.6 Å². The van der Waals surface area contributed by atoms with Gasteiger partial charge in [0.15, 0.2) is 9.84 Å². The quantitative estimate of drug-likeness (QED) is 0.788. The standard InChI is InChI=1S/C15H22N2O5S2/c1-11(2)17-24(21,22)13-6-4-12(5-7-13)14(18)16-15(3)8-9-23(19,20)10-15/h4-7,11,17H,8-10H2,1-3H3,(H,16,18)/t15-/m1/s1. The van der Waals surface area contributed by atoms with Crippen LogP contribution < -0.4 is 10.0 Å². The maximum absolute atomic E-state index is 12.3. The van der Waals surface area contributed by atoms with Gasteiger partial charge in [-0.1, -0.05) is 0 Å². The molecule has 9 heteroatoms. The molecule has 1 aromatic rings. The van der Waals surface area contributed by atoms with Crippen molar-refractivity contribution < 1.29 is 21.6 Å². The third-order valence-corrected chi connectivity index (χ3v) is 7.31. The number of benzene rings is 1. The number of hydrogen-bond acceptors (Lipinski definition) is 5. The highest BCUT2D eigenvalue weighted by atomic mass is 32.2. The Kier molecular flexibility index (Phi) is 5.08. The lowest BCUT2D eigenvalue weighted by Gasteiger charge is -2.23. The van der Waals surface area contributed by atoms with Crippen LogP contribution in [0.4, 0.5) is 0 Å². The van der Waals surface area contributed by atoms with Gasteiger partial charge in [-0.2, -0.15) is 0 Å². The molecule has 2 rings (SSSR count). The van der Waals surface area contributed by atoms with Gasteiger partial charge < -0.3 is 5.32 Å². The lowest BCUT2D eigenvalue weighted by molar-refractivity contribution is 0.0915. The first-order valence-electron chi connectivity index (χ1n) is 7.58. The smallest absolute Gasteiger partial charge is 0.251 e. The van der Waals surface area contributed by atoms with Gasteiger partial charge in [-0.15, -0.1) is 0 Å². The van der Waals surface area contributed by atoms with E-state index in [1.54, 1.807) is 20.8 Å². The lowest BCUT2D eigenvalue weighted by atomic mass is 10.0. The number of nitrogens with one attached hydrogen (secondary N) is 2. The molecule has 0 spiro atoms. The number of sulfone groups is 1. The highest BCUT2D eigenvalue weighted by Gasteiger charge is 2.39. The van der Waals surface area contributed by atoms with Gasteiger partial charge in [0.1, 0.15) is 0 Å². The Labute approximate surface area is 142 Å². The second kappa shape index (κ2) is 6.45. The molecule has 1 heterocycles. The molecule has 134 valence electrons. The first-order valence-corrected chi connectivity index (χ1v) is 10.9. The van der Waals surface area contributed by atoms with E-state index in [-0.39, 0.29) is 28.0 Å². The number of rotatable bonds is 5. The summed E-state index contributed by atoms with van der Waals surface area (Å²) in [6.45, 7) is 5.13. The fourth-order valence-corrected chi connectivity index (χ4v) is 5.96. The molecule has 0 radical (unpaired) electrons. The zero-order chi connectivity index (χ0) is 18.2. The minimum atomic E-state index is -3.61. The van der Waals surface area contributed by atoms with E-state index in [0.29, 0.717) is 6.42 Å². The van der Waals surface area contributed by atoms with Gasteiger partial charge in [-0.3, -0.25) is 4.79 Å². The van der Waals surface area contributed by atoms with Crippen molar-refractivity contribution >= 4 is 25.8 Å². The molecule has 0 aromatic heterocycles. The minimum absolute atomic E-state index is 0.0574. The fourth-order valence-electron chi connectivity index (χ4n) is 2.62. The molecule has 0 bridgehead atoms. The van der Waals surface area contributed by atoms with Crippen LogP contribution in [0.25, 0.3) is 0 Å². The van der Waals surface area contributed by atoms with Crippen molar-refractivity contribution in [1.82, 2.24) is 10.0 Å². The Balaban J connectivity index is 2.12. The van der Waals surface area contributed by atoms with Crippen LogP contribution in [0.5, 0.6) is 0 Å². The Hall–Kier alpha value is -1.45. The van der Waals surface area contributed by atoms with Crippen LogP contribution in [0.2, 0.25) is 0 Å². The Morgan fingerprint density at radius 1 is 1.21 bits per heavy atom. The average Bonchev–Trinajstić information content (AvgIpc) is 2.71. The molecule has 1 fully saturated rings. The van der Waals surface area contributed by atoms with Crippen molar-refractivity contribution in [3.8, 4) is 0 Å². The summed E-state index contributed by atoms with van der Waals surface area (Å²) in [6.07, 6.45) is 0.367. The predicted octanol–water partition coefficient (Wildman–Crippen LogP) is 0.680. The molecule has 1 aliphatic rings. The summed E-state index contributed by atoms with van der Waals surface area (Å²) in [7, 11) is -6.73. The Morgan fingerprint density at radius 3 is 2.25 bits per heavy atom.